The Morgan fingerprint density at radius 3 is 1.62 bits per heavy atom. The lowest BCUT2D eigenvalue weighted by atomic mass is 10.0. The highest BCUT2D eigenvalue weighted by atomic mass is 127. The maximum atomic E-state index is 12.5. The molecule has 5 atom stereocenters. The number of aliphatic hydroxyl groups excluding tert-OH is 6. The molecular weight excluding hydrogens is 863 g/mol. The fourth-order valence-corrected chi connectivity index (χ4v) is 6.83. The van der Waals surface area contributed by atoms with Crippen LogP contribution in [0, 0.1) is 10.7 Å². The number of benzene rings is 1. The first-order chi connectivity index (χ1) is 18.0. The van der Waals surface area contributed by atoms with E-state index in [-0.39, 0.29) is 30.3 Å². The van der Waals surface area contributed by atoms with E-state index >= 15 is 0 Å². The number of ether oxygens (including phenoxy) is 1. The summed E-state index contributed by atoms with van der Waals surface area (Å²) >= 11 is 5.65. The van der Waals surface area contributed by atoms with E-state index < -0.39 is 49.1 Å². The Balaban J connectivity index is 0.000000935. The fourth-order valence-electron chi connectivity index (χ4n) is 2.68. The van der Waals surface area contributed by atoms with Crippen molar-refractivity contribution in [1.82, 2.24) is 5.32 Å². The van der Waals surface area contributed by atoms with Crippen molar-refractivity contribution in [2.24, 2.45) is 0 Å². The molecule has 39 heavy (non-hydrogen) atoms. The smallest absolute Gasteiger partial charge is 0.348 e. The predicted molar refractivity (Wildman–Crippen MR) is 165 cm³/mol. The van der Waals surface area contributed by atoms with E-state index in [1.54, 1.807) is 14.0 Å². The minimum absolute atomic E-state index is 0.00997. The van der Waals surface area contributed by atoms with Crippen LogP contribution in [0.2, 0.25) is 0 Å². The molecule has 0 aliphatic heterocycles. The third kappa shape index (κ3) is 11.9. The molecule has 0 aliphatic carbocycles. The topological polar surface area (TPSA) is 235 Å². The normalized spacial score (nSPS) is 14.6. The molecular formula is C22H32I3N3O11. The number of anilines is 2. The molecule has 17 heteroatoms. The first kappa shape index (κ1) is 38.2. The largest absolute Gasteiger partial charge is 0.394 e. The van der Waals surface area contributed by atoms with Gasteiger partial charge in [-0.1, -0.05) is 6.92 Å². The number of hydrogen-bond acceptors (Lipinski definition) is 12. The highest BCUT2D eigenvalue weighted by molar-refractivity contribution is 14.1. The Bertz CT molecular complexity index is 986. The zero-order chi connectivity index (χ0) is 30.6. The van der Waals surface area contributed by atoms with Crippen LogP contribution in [0.15, 0.2) is 0 Å². The summed E-state index contributed by atoms with van der Waals surface area (Å²) in [6.07, 6.45) is -6.96. The van der Waals surface area contributed by atoms with Crippen LogP contribution in [0.25, 0.3) is 0 Å². The first-order valence-electron chi connectivity index (χ1n) is 11.2. The van der Waals surface area contributed by atoms with Crippen LogP contribution < -0.4 is 16.0 Å². The van der Waals surface area contributed by atoms with E-state index in [9.17, 15) is 29.4 Å². The van der Waals surface area contributed by atoms with Crippen molar-refractivity contribution in [1.29, 1.82) is 0 Å². The van der Waals surface area contributed by atoms with Crippen molar-refractivity contribution in [3.8, 4) is 0 Å². The van der Waals surface area contributed by atoms with Gasteiger partial charge in [0.2, 0.25) is 11.8 Å². The third-order valence-corrected chi connectivity index (χ3v) is 7.95. The lowest BCUT2D eigenvalue weighted by molar-refractivity contribution is -0.147. The van der Waals surface area contributed by atoms with Gasteiger partial charge in [-0.05, 0) is 81.2 Å². The molecule has 1 rings (SSSR count). The van der Waals surface area contributed by atoms with Gasteiger partial charge in [0, 0.05) is 20.4 Å². The van der Waals surface area contributed by atoms with Crippen molar-refractivity contribution >= 4 is 103 Å². The number of rotatable bonds is 11. The minimum atomic E-state index is -1.55. The Morgan fingerprint density at radius 1 is 0.821 bits per heavy atom. The SMILES string of the molecule is CCC(O)C(=O)OC(=O)c1c(I)c(NC(C)=O)c(I)c(NC(C)=O)c1I.CNCC(O)C(O)C(O)C(O)CO. The standard InChI is InChI=1S/C15H15I3N2O6.C7H17NO5/c1-4-7(23)14(24)26-15(25)8-9(16)12(19-5(2)21)11(18)13(10(8)17)20-6(3)22;1-8-2-4(10)6(12)7(13)5(11)3-9/h7,23H,4H2,1-3H3,(H,19,21)(H,20,22);4-13H,2-3H2,1H3. The van der Waals surface area contributed by atoms with Crippen molar-refractivity contribution in [2.45, 2.75) is 57.7 Å². The summed E-state index contributed by atoms with van der Waals surface area (Å²) in [6.45, 7) is 3.61. The first-order valence-corrected chi connectivity index (χ1v) is 14.5. The predicted octanol–water partition coefficient (Wildman–Crippen LogP) is -0.487. The van der Waals surface area contributed by atoms with Gasteiger partial charge in [-0.3, -0.25) is 9.59 Å². The lowest BCUT2D eigenvalue weighted by Gasteiger charge is -2.25. The molecule has 222 valence electrons. The average molecular weight is 895 g/mol. The third-order valence-electron chi connectivity index (χ3n) is 4.71. The van der Waals surface area contributed by atoms with E-state index in [1.165, 1.54) is 13.8 Å². The molecule has 0 saturated heterocycles. The number of nitrogens with one attached hydrogen (secondary N) is 3. The fraction of sp³-hybridized carbons (Fsp3) is 0.545. The van der Waals surface area contributed by atoms with E-state index in [1.807, 2.05) is 67.8 Å². The van der Waals surface area contributed by atoms with Gasteiger partial charge in [0.25, 0.3) is 0 Å². The van der Waals surface area contributed by atoms with Gasteiger partial charge in [0.15, 0.2) is 6.10 Å². The molecule has 14 nitrogen and oxygen atoms in total. The van der Waals surface area contributed by atoms with Gasteiger partial charge in [0.05, 0.1) is 40.4 Å². The molecule has 9 N–H and O–H groups in total. The van der Waals surface area contributed by atoms with E-state index in [4.69, 9.17) is 25.2 Å². The minimum Gasteiger partial charge on any atom is -0.394 e. The lowest BCUT2D eigenvalue weighted by Crippen LogP contribution is -2.48. The highest BCUT2D eigenvalue weighted by Gasteiger charge is 2.30. The number of amides is 2. The Hall–Kier alpha value is -0.790. The monoisotopic (exact) mass is 895 g/mol. The van der Waals surface area contributed by atoms with Gasteiger partial charge >= 0.3 is 11.9 Å². The molecule has 0 aromatic heterocycles. The molecule has 0 bridgehead atoms. The summed E-state index contributed by atoms with van der Waals surface area (Å²) in [6, 6.07) is 0. The average Bonchev–Trinajstić information content (AvgIpc) is 2.87. The molecule has 0 heterocycles. The van der Waals surface area contributed by atoms with Crippen LogP contribution in [-0.2, 0) is 19.1 Å². The quantitative estimate of drug-likeness (QED) is 0.0779. The number of carbonyl (C=O) groups excluding carboxylic acids is 4. The molecule has 2 amide bonds. The van der Waals surface area contributed by atoms with Crippen molar-refractivity contribution in [3.05, 3.63) is 16.3 Å². The summed E-state index contributed by atoms with van der Waals surface area (Å²) in [5, 5.41) is 62.2. The van der Waals surface area contributed by atoms with Crippen molar-refractivity contribution < 1.29 is 54.6 Å². The highest BCUT2D eigenvalue weighted by Crippen LogP contribution is 2.39. The summed E-state index contributed by atoms with van der Waals surface area (Å²) in [4.78, 5) is 47.3. The second-order valence-electron chi connectivity index (χ2n) is 7.92. The van der Waals surface area contributed by atoms with Gasteiger partial charge in [-0.15, -0.1) is 0 Å². The molecule has 0 fully saturated rings. The number of aliphatic hydroxyl groups is 6. The molecule has 0 spiro atoms. The summed E-state index contributed by atoms with van der Waals surface area (Å²) in [7, 11) is 1.57. The number of halogens is 3. The van der Waals surface area contributed by atoms with Crippen molar-refractivity contribution in [2.75, 3.05) is 30.8 Å². The van der Waals surface area contributed by atoms with Gasteiger partial charge < -0.3 is 51.3 Å². The van der Waals surface area contributed by atoms with Crippen LogP contribution in [0.4, 0.5) is 11.4 Å². The Morgan fingerprint density at radius 2 is 1.26 bits per heavy atom. The van der Waals surface area contributed by atoms with Crippen LogP contribution in [0.3, 0.4) is 0 Å². The van der Waals surface area contributed by atoms with Crippen LogP contribution in [0.1, 0.15) is 37.6 Å². The second-order valence-corrected chi connectivity index (χ2v) is 11.2. The number of carbonyl (C=O) groups is 4. The zero-order valence-corrected chi connectivity index (χ0v) is 27.8. The maximum absolute atomic E-state index is 12.5. The number of likely N-dealkylation sites (N-methyl/N-ethyl adjacent to an activating group) is 1. The molecule has 0 radical (unpaired) electrons. The van der Waals surface area contributed by atoms with E-state index in [0.717, 1.165) is 0 Å². The van der Waals surface area contributed by atoms with E-state index in [2.05, 4.69) is 16.0 Å². The molecule has 1 aromatic rings. The summed E-state index contributed by atoms with van der Waals surface area (Å²) in [5.41, 5.74) is 0.646. The van der Waals surface area contributed by atoms with Crippen LogP contribution in [-0.4, -0.2) is 105 Å². The van der Waals surface area contributed by atoms with Gasteiger partial charge in [-0.25, -0.2) is 9.59 Å². The molecule has 5 unspecified atom stereocenters. The Kier molecular flexibility index (Phi) is 18.2. The number of hydrogen-bond donors (Lipinski definition) is 9. The van der Waals surface area contributed by atoms with Crippen LogP contribution >= 0.6 is 67.8 Å². The van der Waals surface area contributed by atoms with E-state index in [0.29, 0.717) is 22.1 Å². The van der Waals surface area contributed by atoms with Gasteiger partial charge in [-0.2, -0.15) is 0 Å². The van der Waals surface area contributed by atoms with Crippen molar-refractivity contribution in [3.63, 3.8) is 0 Å². The number of esters is 2. The molecule has 0 saturated carbocycles. The molecule has 1 aromatic carbocycles. The van der Waals surface area contributed by atoms with Gasteiger partial charge in [0.1, 0.15) is 18.3 Å². The summed E-state index contributed by atoms with van der Waals surface area (Å²) < 4.78 is 5.97. The molecule has 0 aliphatic rings. The summed E-state index contributed by atoms with van der Waals surface area (Å²) in [5.74, 6) is -2.78. The van der Waals surface area contributed by atoms with Crippen LogP contribution in [0.5, 0.6) is 0 Å². The second kappa shape index (κ2) is 18.6. The zero-order valence-electron chi connectivity index (χ0n) is 21.4. The maximum Gasteiger partial charge on any atom is 0.348 e. The Labute approximate surface area is 265 Å².